The van der Waals surface area contributed by atoms with E-state index >= 15 is 0 Å². The highest BCUT2D eigenvalue weighted by Crippen LogP contribution is 2.38. The van der Waals surface area contributed by atoms with E-state index in [4.69, 9.17) is 29.0 Å². The van der Waals surface area contributed by atoms with Crippen LogP contribution in [0, 0.1) is 10.1 Å². The van der Waals surface area contributed by atoms with E-state index in [0.717, 1.165) is 11.8 Å². The zero-order chi connectivity index (χ0) is 14.7. The van der Waals surface area contributed by atoms with Crippen molar-refractivity contribution in [2.24, 2.45) is 5.84 Å². The molecule has 2 rings (SSSR count). The van der Waals surface area contributed by atoms with Crippen LogP contribution in [0.1, 0.15) is 0 Å². The van der Waals surface area contributed by atoms with Crippen LogP contribution < -0.4 is 11.3 Å². The van der Waals surface area contributed by atoms with Crippen molar-refractivity contribution in [2.45, 2.75) is 9.92 Å². The minimum atomic E-state index is -0.520. The van der Waals surface area contributed by atoms with Gasteiger partial charge >= 0.3 is 5.69 Å². The van der Waals surface area contributed by atoms with E-state index in [0.29, 0.717) is 20.8 Å². The second-order valence-electron chi connectivity index (χ2n) is 3.60. The van der Waals surface area contributed by atoms with Crippen molar-refractivity contribution in [2.75, 3.05) is 5.43 Å². The van der Waals surface area contributed by atoms with Crippen molar-refractivity contribution in [1.29, 1.82) is 0 Å². The number of nitrogens with two attached hydrogens (primary N) is 1. The first-order valence-electron chi connectivity index (χ1n) is 5.26. The lowest BCUT2D eigenvalue weighted by Crippen LogP contribution is -2.09. The van der Waals surface area contributed by atoms with Crippen LogP contribution in [0.5, 0.6) is 0 Å². The molecule has 0 radical (unpaired) electrons. The number of pyridine rings is 1. The van der Waals surface area contributed by atoms with E-state index < -0.39 is 4.92 Å². The van der Waals surface area contributed by atoms with Crippen LogP contribution in [0.15, 0.2) is 40.3 Å². The van der Waals surface area contributed by atoms with Gasteiger partial charge in [-0.3, -0.25) is 10.1 Å². The third-order valence-corrected chi connectivity index (χ3v) is 4.01. The highest BCUT2D eigenvalue weighted by atomic mass is 35.5. The molecule has 1 heterocycles. The number of nitrogens with one attached hydrogen (secondary N) is 1. The van der Waals surface area contributed by atoms with Gasteiger partial charge in [-0.2, -0.15) is 0 Å². The van der Waals surface area contributed by atoms with Gasteiger partial charge in [-0.25, -0.2) is 10.8 Å². The molecule has 2 aromatic rings. The van der Waals surface area contributed by atoms with Crippen molar-refractivity contribution < 1.29 is 4.92 Å². The number of hydrazine groups is 1. The monoisotopic (exact) mass is 330 g/mol. The quantitative estimate of drug-likeness (QED) is 0.504. The second-order valence-corrected chi connectivity index (χ2v) is 5.47. The number of hydrogen-bond donors (Lipinski definition) is 2. The standard InChI is InChI=1S/C11H8Cl2N4O2S/c12-6-1-2-7(13)9(5-6)20-11-8(17(18)19)3-4-10(15-11)16-14/h1-5H,14H2,(H,15,16). The van der Waals surface area contributed by atoms with Crippen LogP contribution >= 0.6 is 35.0 Å². The van der Waals surface area contributed by atoms with Gasteiger partial charge in [0.2, 0.25) is 0 Å². The average molecular weight is 331 g/mol. The van der Waals surface area contributed by atoms with E-state index in [1.807, 2.05) is 0 Å². The molecule has 0 aliphatic carbocycles. The summed E-state index contributed by atoms with van der Waals surface area (Å²) in [6.45, 7) is 0. The highest BCUT2D eigenvalue weighted by molar-refractivity contribution is 7.99. The van der Waals surface area contributed by atoms with Gasteiger partial charge in [0.05, 0.1) is 9.95 Å². The Bertz CT molecular complexity index is 669. The van der Waals surface area contributed by atoms with Gasteiger partial charge in [-0.05, 0) is 24.3 Å². The molecule has 3 N–H and O–H groups in total. The lowest BCUT2D eigenvalue weighted by molar-refractivity contribution is -0.388. The molecule has 0 spiro atoms. The summed E-state index contributed by atoms with van der Waals surface area (Å²) in [5, 5.41) is 12.1. The number of aromatic nitrogens is 1. The van der Waals surface area contributed by atoms with Crippen molar-refractivity contribution in [3.8, 4) is 0 Å². The number of anilines is 1. The molecular weight excluding hydrogens is 323 g/mol. The van der Waals surface area contributed by atoms with Crippen LogP contribution in [0.3, 0.4) is 0 Å². The molecule has 0 aliphatic rings. The summed E-state index contributed by atoms with van der Waals surface area (Å²) in [5.41, 5.74) is 2.20. The number of halogens is 2. The second kappa shape index (κ2) is 6.27. The van der Waals surface area contributed by atoms with Crippen LogP contribution in [0.25, 0.3) is 0 Å². The largest absolute Gasteiger partial charge is 0.308 e. The minimum absolute atomic E-state index is 0.134. The fourth-order valence-electron chi connectivity index (χ4n) is 1.39. The summed E-state index contributed by atoms with van der Waals surface area (Å²) in [7, 11) is 0. The SMILES string of the molecule is NNc1ccc([N+](=O)[O-])c(Sc2cc(Cl)ccc2Cl)n1. The van der Waals surface area contributed by atoms with Crippen LogP contribution in [0.4, 0.5) is 11.5 Å². The van der Waals surface area contributed by atoms with Gasteiger partial charge in [0, 0.05) is 16.0 Å². The Morgan fingerprint density at radius 3 is 2.70 bits per heavy atom. The number of rotatable bonds is 4. The first-order chi connectivity index (χ1) is 9.51. The molecule has 0 unspecified atom stereocenters. The molecule has 0 saturated carbocycles. The van der Waals surface area contributed by atoms with Crippen molar-refractivity contribution in [3.63, 3.8) is 0 Å². The van der Waals surface area contributed by atoms with E-state index in [1.54, 1.807) is 18.2 Å². The predicted molar refractivity (Wildman–Crippen MR) is 79.3 cm³/mol. The van der Waals surface area contributed by atoms with Crippen LogP contribution in [-0.2, 0) is 0 Å². The molecule has 6 nitrogen and oxygen atoms in total. The van der Waals surface area contributed by atoms with Gasteiger partial charge in [-0.15, -0.1) is 0 Å². The highest BCUT2D eigenvalue weighted by Gasteiger charge is 2.18. The number of nitro groups is 1. The Morgan fingerprint density at radius 2 is 2.05 bits per heavy atom. The predicted octanol–water partition coefficient (Wildman–Crippen LogP) is 3.73. The fraction of sp³-hybridized carbons (Fsp3) is 0. The topological polar surface area (TPSA) is 94.1 Å². The molecular formula is C11H8Cl2N4O2S. The Kier molecular flexibility index (Phi) is 4.66. The lowest BCUT2D eigenvalue weighted by atomic mass is 10.4. The third kappa shape index (κ3) is 3.31. The summed E-state index contributed by atoms with van der Waals surface area (Å²) in [6, 6.07) is 7.60. The molecule has 104 valence electrons. The number of hydrogen-bond acceptors (Lipinski definition) is 6. The molecule has 9 heteroatoms. The number of nitrogens with zero attached hydrogens (tertiary/aromatic N) is 2. The smallest absolute Gasteiger partial charge is 0.301 e. The maximum absolute atomic E-state index is 11.0. The van der Waals surface area contributed by atoms with E-state index in [9.17, 15) is 10.1 Å². The molecule has 1 aromatic heterocycles. The normalized spacial score (nSPS) is 10.3. The molecule has 0 bridgehead atoms. The van der Waals surface area contributed by atoms with Crippen LogP contribution in [0.2, 0.25) is 10.0 Å². The Morgan fingerprint density at radius 1 is 1.30 bits per heavy atom. The summed E-state index contributed by atoms with van der Waals surface area (Å²) >= 11 is 13.0. The molecule has 0 atom stereocenters. The Labute approximate surface area is 128 Å². The Balaban J connectivity index is 2.45. The zero-order valence-corrected chi connectivity index (χ0v) is 12.2. The van der Waals surface area contributed by atoms with Gasteiger partial charge in [0.1, 0.15) is 5.82 Å². The third-order valence-electron chi connectivity index (χ3n) is 2.28. The molecule has 0 saturated heterocycles. The average Bonchev–Trinajstić information content (AvgIpc) is 2.42. The van der Waals surface area contributed by atoms with Gasteiger partial charge in [-0.1, -0.05) is 35.0 Å². The number of nitrogen functional groups attached to an aromatic ring is 1. The maximum atomic E-state index is 11.0. The molecule has 0 fully saturated rings. The minimum Gasteiger partial charge on any atom is -0.308 e. The Hall–Kier alpha value is -1.54. The molecule has 1 aromatic carbocycles. The zero-order valence-electron chi connectivity index (χ0n) is 9.84. The van der Waals surface area contributed by atoms with E-state index in [1.165, 1.54) is 12.1 Å². The first-order valence-corrected chi connectivity index (χ1v) is 6.83. The summed E-state index contributed by atoms with van der Waals surface area (Å²) in [6.07, 6.45) is 0. The summed E-state index contributed by atoms with van der Waals surface area (Å²) in [4.78, 5) is 15.1. The summed E-state index contributed by atoms with van der Waals surface area (Å²) in [5.74, 6) is 5.57. The molecule has 0 amide bonds. The van der Waals surface area contributed by atoms with Gasteiger partial charge in [0.25, 0.3) is 0 Å². The number of benzene rings is 1. The molecule has 0 aliphatic heterocycles. The van der Waals surface area contributed by atoms with Crippen molar-refractivity contribution in [1.82, 2.24) is 4.98 Å². The van der Waals surface area contributed by atoms with Crippen LogP contribution in [-0.4, -0.2) is 9.91 Å². The van der Waals surface area contributed by atoms with Gasteiger partial charge in [0.15, 0.2) is 5.03 Å². The molecule has 20 heavy (non-hydrogen) atoms. The first kappa shape index (κ1) is 14.9. The van der Waals surface area contributed by atoms with Crippen molar-refractivity contribution >= 4 is 46.5 Å². The van der Waals surface area contributed by atoms with E-state index in [-0.39, 0.29) is 10.7 Å². The fourth-order valence-corrected chi connectivity index (χ4v) is 2.81. The lowest BCUT2D eigenvalue weighted by Gasteiger charge is -2.06. The van der Waals surface area contributed by atoms with Crippen molar-refractivity contribution in [3.05, 3.63) is 50.5 Å². The maximum Gasteiger partial charge on any atom is 0.301 e. The van der Waals surface area contributed by atoms with Gasteiger partial charge < -0.3 is 5.43 Å². The van der Waals surface area contributed by atoms with E-state index in [2.05, 4.69) is 10.4 Å². The summed E-state index contributed by atoms with van der Waals surface area (Å²) < 4.78 is 0.